The van der Waals surface area contributed by atoms with E-state index in [1.807, 2.05) is 0 Å². The summed E-state index contributed by atoms with van der Waals surface area (Å²) < 4.78 is 10.4. The third-order valence-electron chi connectivity index (χ3n) is 2.96. The van der Waals surface area contributed by atoms with Gasteiger partial charge < -0.3 is 9.15 Å². The summed E-state index contributed by atoms with van der Waals surface area (Å²) >= 11 is 0. The van der Waals surface area contributed by atoms with Gasteiger partial charge in [0.1, 0.15) is 11.5 Å². The molecule has 1 aliphatic rings. The molecule has 3 rings (SSSR count). The molecule has 0 saturated carbocycles. The number of nitro groups is 1. The maximum Gasteiger partial charge on any atom is 0.363 e. The summed E-state index contributed by atoms with van der Waals surface area (Å²) in [7, 11) is 0. The molecule has 2 heterocycles. The van der Waals surface area contributed by atoms with E-state index in [0.717, 1.165) is 0 Å². The van der Waals surface area contributed by atoms with Gasteiger partial charge in [-0.05, 0) is 25.1 Å². The van der Waals surface area contributed by atoms with Gasteiger partial charge in [-0.2, -0.15) is 0 Å². The second kappa shape index (κ2) is 5.28. The van der Waals surface area contributed by atoms with Crippen LogP contribution in [-0.4, -0.2) is 16.8 Å². The summed E-state index contributed by atoms with van der Waals surface area (Å²) in [6, 6.07) is 9.20. The lowest BCUT2D eigenvalue weighted by molar-refractivity contribution is -0.384. The first-order valence-corrected chi connectivity index (χ1v) is 6.37. The Morgan fingerprint density at radius 3 is 2.77 bits per heavy atom. The van der Waals surface area contributed by atoms with Crippen molar-refractivity contribution < 1.29 is 18.9 Å². The summed E-state index contributed by atoms with van der Waals surface area (Å²) in [4.78, 5) is 26.1. The minimum atomic E-state index is -0.629. The molecule has 1 aliphatic heterocycles. The van der Waals surface area contributed by atoms with Crippen LogP contribution >= 0.6 is 0 Å². The summed E-state index contributed by atoms with van der Waals surface area (Å²) in [6.07, 6.45) is 1.46. The average Bonchev–Trinajstić information content (AvgIpc) is 3.06. The number of nitrogens with zero attached hydrogens (tertiary/aromatic N) is 2. The minimum absolute atomic E-state index is 0.0308. The molecular weight excluding hydrogens is 288 g/mol. The van der Waals surface area contributed by atoms with Gasteiger partial charge in [-0.25, -0.2) is 9.79 Å². The van der Waals surface area contributed by atoms with Crippen molar-refractivity contribution in [1.82, 2.24) is 0 Å². The number of hydrogen-bond donors (Lipinski definition) is 0. The maximum absolute atomic E-state index is 11.8. The van der Waals surface area contributed by atoms with Gasteiger partial charge in [0.2, 0.25) is 5.90 Å². The predicted molar refractivity (Wildman–Crippen MR) is 77.1 cm³/mol. The fourth-order valence-corrected chi connectivity index (χ4v) is 1.95. The lowest BCUT2D eigenvalue weighted by Gasteiger charge is -1.98. The van der Waals surface area contributed by atoms with E-state index < -0.39 is 10.9 Å². The van der Waals surface area contributed by atoms with E-state index in [1.165, 1.54) is 24.3 Å². The average molecular weight is 298 g/mol. The van der Waals surface area contributed by atoms with Crippen LogP contribution in [0.15, 0.2) is 51.5 Å². The van der Waals surface area contributed by atoms with E-state index in [0.29, 0.717) is 17.1 Å². The third kappa shape index (κ3) is 2.64. The lowest BCUT2D eigenvalue weighted by Crippen LogP contribution is -2.05. The topological polar surface area (TPSA) is 94.9 Å². The molecular formula is C15H10N2O5. The largest absolute Gasteiger partial charge is 0.462 e. The second-order valence-electron chi connectivity index (χ2n) is 4.59. The Morgan fingerprint density at radius 2 is 2.09 bits per heavy atom. The zero-order chi connectivity index (χ0) is 15.7. The van der Waals surface area contributed by atoms with Crippen LogP contribution in [-0.2, 0) is 9.53 Å². The Labute approximate surface area is 124 Å². The molecule has 0 unspecified atom stereocenters. The van der Waals surface area contributed by atoms with Gasteiger partial charge >= 0.3 is 5.97 Å². The molecule has 0 atom stereocenters. The molecule has 7 heteroatoms. The molecule has 22 heavy (non-hydrogen) atoms. The highest BCUT2D eigenvalue weighted by Gasteiger charge is 2.25. The Bertz CT molecular complexity index is 832. The molecule has 0 fully saturated rings. The number of ether oxygens (including phenoxy) is 1. The van der Waals surface area contributed by atoms with Gasteiger partial charge in [0.05, 0.1) is 4.92 Å². The molecule has 0 spiro atoms. The van der Waals surface area contributed by atoms with E-state index in [-0.39, 0.29) is 17.3 Å². The SMILES string of the molecule is Cc1ccc(/C=C2\N=C(c3cccc([N+](=O)[O-])c3)OC2=O)o1. The van der Waals surface area contributed by atoms with Crippen molar-refractivity contribution in [1.29, 1.82) is 0 Å². The Balaban J connectivity index is 1.94. The zero-order valence-electron chi connectivity index (χ0n) is 11.5. The predicted octanol–water partition coefficient (Wildman–Crippen LogP) is 2.84. The molecule has 0 aliphatic carbocycles. The molecule has 0 amide bonds. The minimum Gasteiger partial charge on any atom is -0.462 e. The number of nitro benzene ring substituents is 1. The van der Waals surface area contributed by atoms with Crippen molar-refractivity contribution in [3.63, 3.8) is 0 Å². The summed E-state index contributed by atoms with van der Waals surface area (Å²) in [5.41, 5.74) is 0.341. The number of aryl methyl sites for hydroxylation is 1. The van der Waals surface area contributed by atoms with Crippen LogP contribution in [0.1, 0.15) is 17.1 Å². The highest BCUT2D eigenvalue weighted by atomic mass is 16.6. The highest BCUT2D eigenvalue weighted by molar-refractivity contribution is 6.12. The van der Waals surface area contributed by atoms with E-state index in [4.69, 9.17) is 9.15 Å². The Hall–Kier alpha value is -3.22. The standard InChI is InChI=1S/C15H10N2O5/c1-9-5-6-12(21-9)8-13-15(18)22-14(16-13)10-3-2-4-11(7-10)17(19)20/h2-8H,1H3/b13-8-. The van der Waals surface area contributed by atoms with Crippen LogP contribution in [0.2, 0.25) is 0 Å². The van der Waals surface area contributed by atoms with E-state index >= 15 is 0 Å². The highest BCUT2D eigenvalue weighted by Crippen LogP contribution is 2.22. The van der Waals surface area contributed by atoms with Crippen molar-refractivity contribution in [2.45, 2.75) is 6.92 Å². The molecule has 0 radical (unpaired) electrons. The number of furan rings is 1. The number of esters is 1. The van der Waals surface area contributed by atoms with Crippen molar-refractivity contribution in [3.05, 3.63) is 69.3 Å². The summed E-state index contributed by atoms with van der Waals surface area (Å²) in [5.74, 6) is 0.591. The number of carbonyl (C=O) groups is 1. The van der Waals surface area contributed by atoms with Crippen molar-refractivity contribution >= 4 is 23.6 Å². The number of benzene rings is 1. The monoisotopic (exact) mass is 298 g/mol. The molecule has 1 aromatic carbocycles. The second-order valence-corrected chi connectivity index (χ2v) is 4.59. The number of cyclic esters (lactones) is 1. The summed E-state index contributed by atoms with van der Waals surface area (Å²) in [6.45, 7) is 1.78. The van der Waals surface area contributed by atoms with Crippen molar-refractivity contribution in [2.75, 3.05) is 0 Å². The van der Waals surface area contributed by atoms with Gasteiger partial charge in [0.15, 0.2) is 5.70 Å². The lowest BCUT2D eigenvalue weighted by atomic mass is 10.2. The maximum atomic E-state index is 11.8. The van der Waals surface area contributed by atoms with Crippen LogP contribution in [0.25, 0.3) is 6.08 Å². The quantitative estimate of drug-likeness (QED) is 0.376. The zero-order valence-corrected chi connectivity index (χ0v) is 11.5. The van der Waals surface area contributed by atoms with Crippen molar-refractivity contribution in [3.8, 4) is 0 Å². The molecule has 1 aromatic heterocycles. The van der Waals surface area contributed by atoms with Crippen LogP contribution in [0.3, 0.4) is 0 Å². The first-order valence-electron chi connectivity index (χ1n) is 6.37. The van der Waals surface area contributed by atoms with Crippen LogP contribution in [0, 0.1) is 17.0 Å². The van der Waals surface area contributed by atoms with Gasteiger partial charge in [0.25, 0.3) is 5.69 Å². The van der Waals surface area contributed by atoms with Gasteiger partial charge in [-0.3, -0.25) is 10.1 Å². The van der Waals surface area contributed by atoms with Gasteiger partial charge in [0, 0.05) is 23.8 Å². The smallest absolute Gasteiger partial charge is 0.363 e. The first-order chi connectivity index (χ1) is 10.5. The number of aliphatic imine (C=N–C) groups is 1. The van der Waals surface area contributed by atoms with Crippen LogP contribution in [0.4, 0.5) is 5.69 Å². The number of rotatable bonds is 3. The fraction of sp³-hybridized carbons (Fsp3) is 0.0667. The number of hydrogen-bond acceptors (Lipinski definition) is 6. The molecule has 0 N–H and O–H groups in total. The first kappa shape index (κ1) is 13.7. The summed E-state index contributed by atoms with van der Waals surface area (Å²) in [5, 5.41) is 10.8. The van der Waals surface area contributed by atoms with Crippen LogP contribution < -0.4 is 0 Å². The van der Waals surface area contributed by atoms with Gasteiger partial charge in [-0.15, -0.1) is 0 Å². The van der Waals surface area contributed by atoms with E-state index in [1.54, 1.807) is 25.1 Å². The Kier molecular flexibility index (Phi) is 3.30. The Morgan fingerprint density at radius 1 is 1.27 bits per heavy atom. The molecule has 2 aromatic rings. The fourth-order valence-electron chi connectivity index (χ4n) is 1.95. The number of non-ortho nitro benzene ring substituents is 1. The molecule has 0 bridgehead atoms. The molecule has 7 nitrogen and oxygen atoms in total. The van der Waals surface area contributed by atoms with E-state index in [2.05, 4.69) is 4.99 Å². The molecule has 0 saturated heterocycles. The van der Waals surface area contributed by atoms with Crippen molar-refractivity contribution in [2.24, 2.45) is 4.99 Å². The van der Waals surface area contributed by atoms with E-state index in [9.17, 15) is 14.9 Å². The third-order valence-corrected chi connectivity index (χ3v) is 2.96. The van der Waals surface area contributed by atoms with Crippen LogP contribution in [0.5, 0.6) is 0 Å². The normalized spacial score (nSPS) is 15.8. The van der Waals surface area contributed by atoms with Gasteiger partial charge in [-0.1, -0.05) is 6.07 Å². The molecule has 110 valence electrons. The number of carbonyl (C=O) groups excluding carboxylic acids is 1.